The fraction of sp³-hybridized carbons (Fsp3) is 0.650. The van der Waals surface area contributed by atoms with Gasteiger partial charge < -0.3 is 24.7 Å². The third kappa shape index (κ3) is 9.63. The van der Waals surface area contributed by atoms with E-state index in [1.165, 1.54) is 0 Å². The summed E-state index contributed by atoms with van der Waals surface area (Å²) < 4.78 is 21.6. The normalized spacial score (nSPS) is 11.9. The number of hydrogen-bond acceptors (Lipinski definition) is 6. The minimum Gasteiger partial charge on any atom is -0.489 e. The monoisotopic (exact) mass is 367 g/mol. The Bertz CT molecular complexity index is 495. The van der Waals surface area contributed by atoms with E-state index in [2.05, 4.69) is 6.92 Å². The lowest BCUT2D eigenvalue weighted by Gasteiger charge is -2.13. The van der Waals surface area contributed by atoms with Crippen molar-refractivity contribution in [3.63, 3.8) is 0 Å². The van der Waals surface area contributed by atoms with E-state index in [9.17, 15) is 4.79 Å². The van der Waals surface area contributed by atoms with Gasteiger partial charge in [-0.25, -0.2) is 0 Å². The summed E-state index contributed by atoms with van der Waals surface area (Å²) >= 11 is 0. The van der Waals surface area contributed by atoms with Gasteiger partial charge in [-0.05, 0) is 25.0 Å². The number of unbranched alkanes of at least 4 members (excludes halogenated alkanes) is 1. The number of carbonyl (C=O) groups excluding carboxylic acids is 1. The zero-order chi connectivity index (χ0) is 19.0. The van der Waals surface area contributed by atoms with Gasteiger partial charge in [-0.15, -0.1) is 0 Å². The molecule has 0 aliphatic rings. The van der Waals surface area contributed by atoms with E-state index in [-0.39, 0.29) is 18.5 Å². The maximum absolute atomic E-state index is 11.9. The number of ether oxygens (including phenoxy) is 4. The Morgan fingerprint density at radius 2 is 1.65 bits per heavy atom. The van der Waals surface area contributed by atoms with Crippen molar-refractivity contribution in [2.24, 2.45) is 5.92 Å². The molecule has 0 bridgehead atoms. The molecular formula is C20H33NO5. The molecule has 0 fully saturated rings. The lowest BCUT2D eigenvalue weighted by atomic mass is 10.00. The summed E-state index contributed by atoms with van der Waals surface area (Å²) in [5.74, 6) is 0.563. The molecule has 148 valence electrons. The molecule has 1 aromatic carbocycles. The van der Waals surface area contributed by atoms with E-state index in [0.29, 0.717) is 44.5 Å². The van der Waals surface area contributed by atoms with Gasteiger partial charge in [0, 0.05) is 0 Å². The van der Waals surface area contributed by atoms with E-state index in [4.69, 9.17) is 24.7 Å². The van der Waals surface area contributed by atoms with Crippen LogP contribution in [0.25, 0.3) is 0 Å². The summed E-state index contributed by atoms with van der Waals surface area (Å²) in [5.41, 5.74) is 6.40. The van der Waals surface area contributed by atoms with Gasteiger partial charge in [0.25, 0.3) is 0 Å². The highest BCUT2D eigenvalue weighted by atomic mass is 16.6. The van der Waals surface area contributed by atoms with E-state index >= 15 is 0 Å². The van der Waals surface area contributed by atoms with Crippen LogP contribution in [-0.2, 0) is 19.0 Å². The maximum atomic E-state index is 11.9. The van der Waals surface area contributed by atoms with Gasteiger partial charge in [0.05, 0.1) is 38.0 Å². The van der Waals surface area contributed by atoms with Crippen LogP contribution in [0.2, 0.25) is 0 Å². The van der Waals surface area contributed by atoms with Crippen molar-refractivity contribution in [1.82, 2.24) is 0 Å². The molecule has 1 aromatic rings. The fourth-order valence-corrected chi connectivity index (χ4v) is 2.40. The van der Waals surface area contributed by atoms with Crippen LogP contribution in [0, 0.1) is 5.92 Å². The summed E-state index contributed by atoms with van der Waals surface area (Å²) in [4.78, 5) is 11.9. The number of anilines is 1. The molecule has 0 aromatic heterocycles. The summed E-state index contributed by atoms with van der Waals surface area (Å²) in [7, 11) is 0. The van der Waals surface area contributed by atoms with Crippen molar-refractivity contribution in [2.45, 2.75) is 39.5 Å². The Labute approximate surface area is 156 Å². The molecule has 0 saturated carbocycles. The Morgan fingerprint density at radius 3 is 2.31 bits per heavy atom. The molecule has 0 spiro atoms. The topological polar surface area (TPSA) is 80.0 Å². The van der Waals surface area contributed by atoms with E-state index in [1.54, 1.807) is 6.07 Å². The number of rotatable bonds is 15. The van der Waals surface area contributed by atoms with Gasteiger partial charge in [0.2, 0.25) is 0 Å². The van der Waals surface area contributed by atoms with Crippen LogP contribution >= 0.6 is 0 Å². The zero-order valence-electron chi connectivity index (χ0n) is 16.1. The summed E-state index contributed by atoms with van der Waals surface area (Å²) in [5, 5.41) is 0. The Hall–Kier alpha value is -1.79. The number of benzene rings is 1. The van der Waals surface area contributed by atoms with Gasteiger partial charge in [-0.2, -0.15) is 0 Å². The third-order valence-electron chi connectivity index (χ3n) is 3.98. The molecule has 0 aliphatic carbocycles. The first kappa shape index (κ1) is 22.3. The Kier molecular flexibility index (Phi) is 12.3. The van der Waals surface area contributed by atoms with E-state index < -0.39 is 0 Å². The average Bonchev–Trinajstić information content (AvgIpc) is 2.65. The standard InChI is InChI=1S/C20H33NO5/c1-3-5-8-17(4-2)20(22)26-16-14-24-12-11-23-13-15-25-19-10-7-6-9-18(19)21/h6-7,9-10,17H,3-5,8,11-16,21H2,1-2H3. The lowest BCUT2D eigenvalue weighted by molar-refractivity contribution is -0.150. The minimum absolute atomic E-state index is 0.0111. The van der Waals surface area contributed by atoms with E-state index in [0.717, 1.165) is 25.7 Å². The molecule has 0 aliphatic heterocycles. The Morgan fingerprint density at radius 1 is 1.00 bits per heavy atom. The van der Waals surface area contributed by atoms with Crippen LogP contribution in [-0.4, -0.2) is 45.6 Å². The first-order valence-electron chi connectivity index (χ1n) is 9.48. The number of nitrogens with two attached hydrogens (primary N) is 1. The van der Waals surface area contributed by atoms with Crippen molar-refractivity contribution in [3.8, 4) is 5.75 Å². The first-order valence-corrected chi connectivity index (χ1v) is 9.48. The largest absolute Gasteiger partial charge is 0.489 e. The summed E-state index contributed by atoms with van der Waals surface area (Å²) in [6, 6.07) is 7.36. The quantitative estimate of drug-likeness (QED) is 0.291. The minimum atomic E-state index is -0.113. The third-order valence-corrected chi connectivity index (χ3v) is 3.98. The average molecular weight is 367 g/mol. The molecule has 0 saturated heterocycles. The first-order chi connectivity index (χ1) is 12.7. The molecule has 2 N–H and O–H groups in total. The fourth-order valence-electron chi connectivity index (χ4n) is 2.40. The lowest BCUT2D eigenvalue weighted by Crippen LogP contribution is -2.20. The Balaban J connectivity index is 1.94. The molecule has 6 nitrogen and oxygen atoms in total. The number of para-hydroxylation sites is 2. The predicted octanol–water partition coefficient (Wildman–Crippen LogP) is 3.44. The maximum Gasteiger partial charge on any atom is 0.308 e. The van der Waals surface area contributed by atoms with Gasteiger partial charge in [0.1, 0.15) is 19.0 Å². The molecule has 0 heterocycles. The van der Waals surface area contributed by atoms with Crippen LogP contribution in [0.5, 0.6) is 5.75 Å². The summed E-state index contributed by atoms with van der Waals surface area (Å²) in [6.07, 6.45) is 3.88. The molecule has 1 rings (SSSR count). The van der Waals surface area contributed by atoms with Gasteiger partial charge in [-0.3, -0.25) is 4.79 Å². The zero-order valence-corrected chi connectivity index (χ0v) is 16.1. The van der Waals surface area contributed by atoms with Crippen molar-refractivity contribution >= 4 is 11.7 Å². The molecule has 1 unspecified atom stereocenters. The number of nitrogen functional groups attached to an aromatic ring is 1. The molecule has 1 atom stereocenters. The number of esters is 1. The van der Waals surface area contributed by atoms with Gasteiger partial charge >= 0.3 is 5.97 Å². The highest BCUT2D eigenvalue weighted by Gasteiger charge is 2.16. The van der Waals surface area contributed by atoms with Gasteiger partial charge in [0.15, 0.2) is 0 Å². The smallest absolute Gasteiger partial charge is 0.308 e. The number of carbonyl (C=O) groups is 1. The molecule has 0 amide bonds. The van der Waals surface area contributed by atoms with Crippen LogP contribution in [0.3, 0.4) is 0 Å². The second-order valence-electron chi connectivity index (χ2n) is 6.03. The van der Waals surface area contributed by atoms with Crippen LogP contribution in [0.15, 0.2) is 24.3 Å². The second-order valence-corrected chi connectivity index (χ2v) is 6.03. The SMILES string of the molecule is CCCCC(CC)C(=O)OCCOCCOCCOc1ccccc1N. The highest BCUT2D eigenvalue weighted by molar-refractivity contribution is 5.72. The molecule has 26 heavy (non-hydrogen) atoms. The number of hydrogen-bond donors (Lipinski definition) is 1. The van der Waals surface area contributed by atoms with Crippen molar-refractivity contribution in [2.75, 3.05) is 45.4 Å². The second kappa shape index (κ2) is 14.4. The highest BCUT2D eigenvalue weighted by Crippen LogP contribution is 2.19. The summed E-state index contributed by atoms with van der Waals surface area (Å²) in [6.45, 7) is 6.63. The van der Waals surface area contributed by atoms with Crippen molar-refractivity contribution < 1.29 is 23.7 Å². The molecule has 0 radical (unpaired) electrons. The van der Waals surface area contributed by atoms with E-state index in [1.807, 2.05) is 25.1 Å². The van der Waals surface area contributed by atoms with Gasteiger partial charge in [-0.1, -0.05) is 38.8 Å². The van der Waals surface area contributed by atoms with Crippen molar-refractivity contribution in [1.29, 1.82) is 0 Å². The van der Waals surface area contributed by atoms with Crippen molar-refractivity contribution in [3.05, 3.63) is 24.3 Å². The van der Waals surface area contributed by atoms with Crippen LogP contribution < -0.4 is 10.5 Å². The van der Waals surface area contributed by atoms with Crippen LogP contribution in [0.1, 0.15) is 39.5 Å². The molecular weight excluding hydrogens is 334 g/mol. The van der Waals surface area contributed by atoms with Crippen LogP contribution in [0.4, 0.5) is 5.69 Å². The molecule has 6 heteroatoms. The predicted molar refractivity (Wildman–Crippen MR) is 102 cm³/mol.